The van der Waals surface area contributed by atoms with E-state index >= 15 is 0 Å². The van der Waals surface area contributed by atoms with Crippen LogP contribution >= 0.6 is 0 Å². The van der Waals surface area contributed by atoms with E-state index in [4.69, 9.17) is 9.78 Å². The van der Waals surface area contributed by atoms with Crippen LogP contribution in [-0.4, -0.2) is 52.6 Å². The number of amides is 2. The van der Waals surface area contributed by atoms with Gasteiger partial charge in [-0.15, -0.1) is 0 Å². The lowest BCUT2D eigenvalue weighted by Crippen LogP contribution is -2.70. The minimum Gasteiger partial charge on any atom is -0.329 e. The molecule has 3 aliphatic rings. The largest absolute Gasteiger partial charge is 0.329 e. The van der Waals surface area contributed by atoms with Gasteiger partial charge in [-0.2, -0.15) is 0 Å². The van der Waals surface area contributed by atoms with Gasteiger partial charge in [0.15, 0.2) is 6.23 Å². The maximum atomic E-state index is 12.3. The van der Waals surface area contributed by atoms with Crippen molar-refractivity contribution in [3.63, 3.8) is 0 Å². The summed E-state index contributed by atoms with van der Waals surface area (Å²) in [5, 5.41) is 0. The smallest absolute Gasteiger partial charge is 0.248 e. The third-order valence-electron chi connectivity index (χ3n) is 3.81. The summed E-state index contributed by atoms with van der Waals surface area (Å²) in [6.07, 6.45) is 0.753. The molecule has 0 radical (unpaired) electrons. The summed E-state index contributed by atoms with van der Waals surface area (Å²) in [5.41, 5.74) is 0. The zero-order valence-corrected chi connectivity index (χ0v) is 9.96. The fraction of sp³-hybridized carbons (Fsp3) is 0.818. The van der Waals surface area contributed by atoms with Gasteiger partial charge in [0.05, 0.1) is 0 Å². The molecule has 3 rings (SSSR count). The van der Waals surface area contributed by atoms with Gasteiger partial charge in [-0.3, -0.25) is 14.5 Å². The van der Waals surface area contributed by atoms with Crippen LogP contribution in [0, 0.1) is 0 Å². The van der Waals surface area contributed by atoms with Crippen LogP contribution in [-0.2, 0) is 19.4 Å². The van der Waals surface area contributed by atoms with E-state index < -0.39 is 18.4 Å². The molecular formula is C11H16N2O4. The maximum Gasteiger partial charge on any atom is 0.248 e. The van der Waals surface area contributed by atoms with Gasteiger partial charge in [-0.1, -0.05) is 0 Å². The molecule has 3 aliphatic heterocycles. The molecule has 0 aromatic rings. The molecule has 0 aliphatic carbocycles. The molecular weight excluding hydrogens is 224 g/mol. The van der Waals surface area contributed by atoms with Gasteiger partial charge >= 0.3 is 0 Å². The molecule has 0 spiro atoms. The van der Waals surface area contributed by atoms with E-state index in [1.807, 2.05) is 0 Å². The highest BCUT2D eigenvalue weighted by Crippen LogP contribution is 2.32. The normalized spacial score (nSPS) is 41.5. The first kappa shape index (κ1) is 11.0. The van der Waals surface area contributed by atoms with Crippen molar-refractivity contribution in [3.8, 4) is 0 Å². The summed E-state index contributed by atoms with van der Waals surface area (Å²) in [4.78, 5) is 38.1. The highest BCUT2D eigenvalue weighted by molar-refractivity contribution is 5.98. The third-order valence-corrected chi connectivity index (χ3v) is 3.81. The van der Waals surface area contributed by atoms with Gasteiger partial charge in [0, 0.05) is 6.54 Å². The predicted molar refractivity (Wildman–Crippen MR) is 56.5 cm³/mol. The van der Waals surface area contributed by atoms with Gasteiger partial charge in [-0.25, -0.2) is 9.78 Å². The molecule has 4 atom stereocenters. The van der Waals surface area contributed by atoms with Gasteiger partial charge in [0.25, 0.3) is 0 Å². The summed E-state index contributed by atoms with van der Waals surface area (Å²) in [5.74, 6) is -0.00972. The fourth-order valence-electron chi connectivity index (χ4n) is 2.98. The highest BCUT2D eigenvalue weighted by atomic mass is 17.2. The van der Waals surface area contributed by atoms with Crippen molar-refractivity contribution in [1.82, 2.24) is 9.80 Å². The summed E-state index contributed by atoms with van der Waals surface area (Å²) >= 11 is 0. The van der Waals surface area contributed by atoms with E-state index in [9.17, 15) is 9.59 Å². The van der Waals surface area contributed by atoms with Crippen LogP contribution < -0.4 is 0 Å². The summed E-state index contributed by atoms with van der Waals surface area (Å²) < 4.78 is 0. The molecule has 0 bridgehead atoms. The van der Waals surface area contributed by atoms with E-state index in [0.29, 0.717) is 6.54 Å². The summed E-state index contributed by atoms with van der Waals surface area (Å²) in [6.45, 7) is 4.17. The molecule has 3 saturated heterocycles. The Morgan fingerprint density at radius 3 is 2.71 bits per heavy atom. The monoisotopic (exact) mass is 240 g/mol. The molecule has 0 N–H and O–H groups in total. The molecule has 17 heavy (non-hydrogen) atoms. The molecule has 94 valence electrons. The van der Waals surface area contributed by atoms with Crippen molar-refractivity contribution >= 4 is 11.8 Å². The van der Waals surface area contributed by atoms with Crippen LogP contribution in [0.25, 0.3) is 0 Å². The van der Waals surface area contributed by atoms with E-state index in [2.05, 4.69) is 0 Å². The molecule has 3 heterocycles. The Bertz CT molecular complexity index is 338. The summed E-state index contributed by atoms with van der Waals surface area (Å²) in [6, 6.07) is -0.810. The predicted octanol–water partition coefficient (Wildman–Crippen LogP) is -0.115. The van der Waals surface area contributed by atoms with Gasteiger partial charge in [-0.05, 0) is 26.7 Å². The molecule has 0 unspecified atom stereocenters. The van der Waals surface area contributed by atoms with Gasteiger partial charge in [0.1, 0.15) is 18.2 Å². The van der Waals surface area contributed by atoms with Crippen LogP contribution in [0.15, 0.2) is 0 Å². The first-order chi connectivity index (χ1) is 8.11. The Kier molecular flexibility index (Phi) is 2.38. The molecule has 2 amide bonds. The lowest BCUT2D eigenvalue weighted by atomic mass is 10.0. The number of fused-ring (bicyclic) bond motifs is 2. The Labute approximate surface area is 99.4 Å². The van der Waals surface area contributed by atoms with Crippen LogP contribution in [0.3, 0.4) is 0 Å². The Morgan fingerprint density at radius 2 is 1.94 bits per heavy atom. The molecule has 0 aromatic heterocycles. The number of carbonyl (C=O) groups excluding carboxylic acids is 2. The molecule has 3 fully saturated rings. The van der Waals surface area contributed by atoms with E-state index in [0.717, 1.165) is 12.8 Å². The second-order valence-corrected chi connectivity index (χ2v) is 4.88. The Morgan fingerprint density at radius 1 is 1.18 bits per heavy atom. The minimum absolute atomic E-state index is 0.00486. The van der Waals surface area contributed by atoms with E-state index in [1.165, 1.54) is 0 Å². The zero-order chi connectivity index (χ0) is 12.2. The second-order valence-electron chi connectivity index (χ2n) is 4.88. The topological polar surface area (TPSA) is 59.1 Å². The number of hydrogen-bond acceptors (Lipinski definition) is 4. The number of piperazine rings is 1. The standard InChI is InChI=1S/C11H16N2O4/c1-6-9-11(15)12-5-3-4-8(12)10(14)13(9)7(2)17-16-6/h6-9H,3-5H2,1-2H3/t6-,7+,8+,9+/m1/s1. The van der Waals surface area contributed by atoms with Crippen LogP contribution in [0.5, 0.6) is 0 Å². The minimum atomic E-state index is -0.527. The number of nitrogens with zero attached hydrogens (tertiary/aromatic N) is 2. The highest BCUT2D eigenvalue weighted by Gasteiger charge is 2.53. The third kappa shape index (κ3) is 1.40. The number of rotatable bonds is 0. The number of hydrogen-bond donors (Lipinski definition) is 0. The number of carbonyl (C=O) groups is 2. The second kappa shape index (κ2) is 3.68. The van der Waals surface area contributed by atoms with Crippen molar-refractivity contribution in [3.05, 3.63) is 0 Å². The first-order valence-corrected chi connectivity index (χ1v) is 6.06. The summed E-state index contributed by atoms with van der Waals surface area (Å²) in [7, 11) is 0. The molecule has 6 heteroatoms. The lowest BCUT2D eigenvalue weighted by Gasteiger charge is -2.48. The molecule has 0 saturated carbocycles. The SMILES string of the molecule is C[C@@H]1OO[C@H](C)[C@H]2C(=O)N3CCC[C@H]3C(=O)N12. The van der Waals surface area contributed by atoms with Crippen LogP contribution in [0.4, 0.5) is 0 Å². The Hall–Kier alpha value is -1.14. The quantitative estimate of drug-likeness (QED) is 0.554. The molecule has 0 aromatic carbocycles. The van der Waals surface area contributed by atoms with Gasteiger partial charge < -0.3 is 4.90 Å². The van der Waals surface area contributed by atoms with Crippen molar-refractivity contribution in [2.45, 2.75) is 51.1 Å². The van der Waals surface area contributed by atoms with Crippen LogP contribution in [0.2, 0.25) is 0 Å². The molecule has 6 nitrogen and oxygen atoms in total. The van der Waals surface area contributed by atoms with E-state index in [-0.39, 0.29) is 17.9 Å². The lowest BCUT2D eigenvalue weighted by molar-refractivity contribution is -0.404. The van der Waals surface area contributed by atoms with Crippen molar-refractivity contribution in [2.75, 3.05) is 6.54 Å². The Balaban J connectivity index is 1.98. The average Bonchev–Trinajstić information content (AvgIpc) is 2.78. The van der Waals surface area contributed by atoms with Crippen molar-refractivity contribution < 1.29 is 19.4 Å². The van der Waals surface area contributed by atoms with Crippen molar-refractivity contribution in [1.29, 1.82) is 0 Å². The zero-order valence-electron chi connectivity index (χ0n) is 9.96. The maximum absolute atomic E-state index is 12.3. The van der Waals surface area contributed by atoms with E-state index in [1.54, 1.807) is 23.6 Å². The fourth-order valence-corrected chi connectivity index (χ4v) is 2.98. The van der Waals surface area contributed by atoms with Gasteiger partial charge in [0.2, 0.25) is 11.8 Å². The average molecular weight is 240 g/mol. The van der Waals surface area contributed by atoms with Crippen molar-refractivity contribution in [2.24, 2.45) is 0 Å². The van der Waals surface area contributed by atoms with Crippen LogP contribution in [0.1, 0.15) is 26.7 Å². The first-order valence-electron chi connectivity index (χ1n) is 6.06.